The molecule has 0 saturated carbocycles. The van der Waals surface area contributed by atoms with E-state index < -0.39 is 4.92 Å². The summed E-state index contributed by atoms with van der Waals surface area (Å²) in [6.45, 7) is 0.0482. The summed E-state index contributed by atoms with van der Waals surface area (Å²) in [4.78, 5) is 26.7. The summed E-state index contributed by atoms with van der Waals surface area (Å²) in [5.74, 6) is 0.411. The molecule has 3 aromatic rings. The maximum Gasteiger partial charge on any atom is 0.287 e. The third-order valence-electron chi connectivity index (χ3n) is 3.25. The number of rotatable bonds is 5. The average molecular weight is 391 g/mol. The maximum atomic E-state index is 12.2. The number of carbonyl (C=O) groups excluding carboxylic acids is 1. The van der Waals surface area contributed by atoms with E-state index in [2.05, 4.69) is 4.98 Å². The lowest BCUT2D eigenvalue weighted by Crippen LogP contribution is -2.37. The van der Waals surface area contributed by atoms with Crippen LogP contribution in [0.1, 0.15) is 10.4 Å². The zero-order valence-electron chi connectivity index (χ0n) is 12.4. The Morgan fingerprint density at radius 2 is 2.08 bits per heavy atom. The topological polar surface area (TPSA) is 90.1 Å². The number of nitro benzene ring substituents is 1. The Hall–Kier alpha value is -2.87. The average Bonchev–Trinajstić information content (AvgIpc) is 3.10. The summed E-state index contributed by atoms with van der Waals surface area (Å²) in [7, 11) is 0. The quantitative estimate of drug-likeness (QED) is 0.289. The number of benzene rings is 1. The molecule has 0 saturated heterocycles. The molecule has 122 valence electrons. The molecule has 8 heteroatoms. The van der Waals surface area contributed by atoms with Crippen LogP contribution in [0.2, 0.25) is 0 Å². The fourth-order valence-electron chi connectivity index (χ4n) is 2.10. The molecule has 0 amide bonds. The smallest absolute Gasteiger partial charge is 0.287 e. The molecule has 0 bridgehead atoms. The minimum absolute atomic E-state index is 0. The second kappa shape index (κ2) is 7.60. The molecule has 0 fully saturated rings. The molecule has 0 atom stereocenters. The van der Waals surface area contributed by atoms with E-state index in [-0.39, 0.29) is 35.0 Å². The normalized spacial score (nSPS) is 10.0. The van der Waals surface area contributed by atoms with Crippen LogP contribution in [-0.4, -0.2) is 15.7 Å². The molecule has 0 aliphatic carbocycles. The van der Waals surface area contributed by atoms with E-state index in [9.17, 15) is 14.9 Å². The van der Waals surface area contributed by atoms with Crippen molar-refractivity contribution in [3.63, 3.8) is 0 Å². The van der Waals surface area contributed by atoms with E-state index in [4.69, 9.17) is 4.42 Å². The number of hydrogen-bond donors (Lipinski definition) is 0. The highest BCUT2D eigenvalue weighted by Gasteiger charge is 2.15. The molecule has 0 N–H and O–H groups in total. The molecule has 7 nitrogen and oxygen atoms in total. The van der Waals surface area contributed by atoms with Crippen LogP contribution in [0.15, 0.2) is 65.7 Å². The summed E-state index contributed by atoms with van der Waals surface area (Å²) < 4.78 is 6.85. The third-order valence-corrected chi connectivity index (χ3v) is 3.25. The lowest BCUT2D eigenvalue weighted by Gasteiger charge is -2.00. The van der Waals surface area contributed by atoms with Gasteiger partial charge in [-0.05, 0) is 17.1 Å². The van der Waals surface area contributed by atoms with Gasteiger partial charge in [-0.15, -0.1) is 17.0 Å². The van der Waals surface area contributed by atoms with Crippen molar-refractivity contribution in [3.05, 3.63) is 76.9 Å². The first kappa shape index (κ1) is 17.5. The number of carbonyl (C=O) groups is 1. The minimum Gasteiger partial charge on any atom is -0.460 e. The van der Waals surface area contributed by atoms with Crippen LogP contribution in [0.25, 0.3) is 11.5 Å². The summed E-state index contributed by atoms with van der Waals surface area (Å²) in [5.41, 5.74) is 0.850. The first-order chi connectivity index (χ1) is 11.1. The zero-order chi connectivity index (χ0) is 16.2. The van der Waals surface area contributed by atoms with E-state index in [1.165, 1.54) is 24.5 Å². The molecule has 24 heavy (non-hydrogen) atoms. The van der Waals surface area contributed by atoms with Gasteiger partial charge >= 0.3 is 0 Å². The standard InChI is InChI=1S/C16H12N3O4.BrH/c20-15(12-3-1-4-13(9-12)19(21)22)10-18-7-6-14(17-11-18)16-5-2-8-23-16;/h1-9,11H,10H2;1H/q+1;. The lowest BCUT2D eigenvalue weighted by molar-refractivity contribution is -0.686. The number of hydrogen-bond acceptors (Lipinski definition) is 5. The van der Waals surface area contributed by atoms with Crippen molar-refractivity contribution in [1.82, 2.24) is 4.98 Å². The van der Waals surface area contributed by atoms with Gasteiger partial charge < -0.3 is 4.42 Å². The predicted molar refractivity (Wildman–Crippen MR) is 89.9 cm³/mol. The van der Waals surface area contributed by atoms with Crippen molar-refractivity contribution in [1.29, 1.82) is 0 Å². The highest BCUT2D eigenvalue weighted by atomic mass is 79.9. The molecule has 0 aliphatic rings. The SMILES string of the molecule is Br.O=C(C[n+]1ccc(-c2ccco2)nc1)c1cccc([N+](=O)[O-])c1. The Balaban J connectivity index is 0.00000208. The number of non-ortho nitro benzene ring substituents is 1. The Morgan fingerprint density at radius 1 is 1.25 bits per heavy atom. The maximum absolute atomic E-state index is 12.2. The van der Waals surface area contributed by atoms with Crippen LogP contribution in [-0.2, 0) is 6.54 Å². The molecule has 2 aromatic heterocycles. The van der Waals surface area contributed by atoms with Gasteiger partial charge in [0, 0.05) is 23.8 Å². The molecular formula is C16H13BrN3O4+. The Bertz CT molecular complexity index is 848. The summed E-state index contributed by atoms with van der Waals surface area (Å²) in [6.07, 6.45) is 4.79. The van der Waals surface area contributed by atoms with Crippen LogP contribution in [0.5, 0.6) is 0 Å². The van der Waals surface area contributed by atoms with Gasteiger partial charge in [0.25, 0.3) is 12.0 Å². The summed E-state index contributed by atoms with van der Waals surface area (Å²) in [5, 5.41) is 10.8. The van der Waals surface area contributed by atoms with Crippen molar-refractivity contribution < 1.29 is 18.7 Å². The molecular weight excluding hydrogens is 378 g/mol. The fourth-order valence-corrected chi connectivity index (χ4v) is 2.10. The molecule has 3 rings (SSSR count). The number of Topliss-reactive ketones (excluding diaryl/α,β-unsaturated/α-hetero) is 1. The van der Waals surface area contributed by atoms with Gasteiger partial charge in [-0.2, -0.15) is 0 Å². The number of ketones is 1. The molecule has 1 aromatic carbocycles. The van der Waals surface area contributed by atoms with Crippen molar-refractivity contribution >= 4 is 28.5 Å². The largest absolute Gasteiger partial charge is 0.460 e. The van der Waals surface area contributed by atoms with Crippen LogP contribution in [0.4, 0.5) is 5.69 Å². The Kier molecular flexibility index (Phi) is 5.54. The van der Waals surface area contributed by atoms with Crippen LogP contribution < -0.4 is 4.57 Å². The van der Waals surface area contributed by atoms with Crippen LogP contribution in [0, 0.1) is 10.1 Å². The van der Waals surface area contributed by atoms with Crippen molar-refractivity contribution in [2.24, 2.45) is 0 Å². The van der Waals surface area contributed by atoms with Crippen LogP contribution in [0.3, 0.4) is 0 Å². The summed E-state index contributed by atoms with van der Waals surface area (Å²) in [6, 6.07) is 11.0. The minimum atomic E-state index is -0.524. The van der Waals surface area contributed by atoms with Gasteiger partial charge in [-0.25, -0.2) is 4.57 Å². The summed E-state index contributed by atoms with van der Waals surface area (Å²) >= 11 is 0. The van der Waals surface area contributed by atoms with Gasteiger partial charge in [0.1, 0.15) is 0 Å². The van der Waals surface area contributed by atoms with E-state index >= 15 is 0 Å². The fraction of sp³-hybridized carbons (Fsp3) is 0.0625. The van der Waals surface area contributed by atoms with Gasteiger partial charge in [0.05, 0.1) is 17.4 Å². The highest BCUT2D eigenvalue weighted by Crippen LogP contribution is 2.15. The molecule has 0 radical (unpaired) electrons. The third kappa shape index (κ3) is 3.90. The first-order valence-electron chi connectivity index (χ1n) is 6.80. The number of nitro groups is 1. The second-order valence-corrected chi connectivity index (χ2v) is 4.83. The Morgan fingerprint density at radius 3 is 2.71 bits per heavy atom. The van der Waals surface area contributed by atoms with E-state index in [0.717, 1.165) is 0 Å². The number of halogens is 1. The van der Waals surface area contributed by atoms with Crippen molar-refractivity contribution in [2.75, 3.05) is 0 Å². The first-order valence-corrected chi connectivity index (χ1v) is 6.80. The van der Waals surface area contributed by atoms with E-state index in [0.29, 0.717) is 17.0 Å². The number of aromatic nitrogens is 2. The van der Waals surface area contributed by atoms with Gasteiger partial charge in [-0.3, -0.25) is 14.9 Å². The second-order valence-electron chi connectivity index (χ2n) is 4.83. The molecule has 0 unspecified atom stereocenters. The molecule has 2 heterocycles. The van der Waals surface area contributed by atoms with Crippen molar-refractivity contribution in [2.45, 2.75) is 6.54 Å². The zero-order valence-corrected chi connectivity index (χ0v) is 14.1. The lowest BCUT2D eigenvalue weighted by atomic mass is 10.1. The molecule has 0 aliphatic heterocycles. The van der Waals surface area contributed by atoms with Crippen molar-refractivity contribution in [3.8, 4) is 11.5 Å². The number of furan rings is 1. The monoisotopic (exact) mass is 390 g/mol. The van der Waals surface area contributed by atoms with Crippen LogP contribution >= 0.6 is 17.0 Å². The van der Waals surface area contributed by atoms with Gasteiger partial charge in [0.15, 0.2) is 12.3 Å². The van der Waals surface area contributed by atoms with E-state index in [1.54, 1.807) is 41.3 Å². The Labute approximate surface area is 147 Å². The predicted octanol–water partition coefficient (Wildman–Crippen LogP) is 3.00. The van der Waals surface area contributed by atoms with E-state index in [1.807, 2.05) is 0 Å². The number of nitrogens with zero attached hydrogens (tertiary/aromatic N) is 3. The highest BCUT2D eigenvalue weighted by molar-refractivity contribution is 8.93. The van der Waals surface area contributed by atoms with Gasteiger partial charge in [-0.1, -0.05) is 12.1 Å². The molecule has 0 spiro atoms. The van der Waals surface area contributed by atoms with Gasteiger partial charge in [0.2, 0.25) is 11.5 Å².